The molecule has 116 valence electrons. The molecule has 1 heterocycles. The molecule has 0 amide bonds. The van der Waals surface area contributed by atoms with E-state index in [1.165, 1.54) is 0 Å². The fourth-order valence-corrected chi connectivity index (χ4v) is 3.32. The molecule has 0 bridgehead atoms. The number of rotatable bonds is 5. The molecule has 0 aromatic heterocycles. The Morgan fingerprint density at radius 3 is 2.76 bits per heavy atom. The molecule has 0 radical (unpaired) electrons. The van der Waals surface area contributed by atoms with Crippen LogP contribution in [0.25, 0.3) is 0 Å². The Hall–Kier alpha value is -1.71. The van der Waals surface area contributed by atoms with Crippen LogP contribution in [0.2, 0.25) is 0 Å². The highest BCUT2D eigenvalue weighted by molar-refractivity contribution is 7.89. The third kappa shape index (κ3) is 3.90. The van der Waals surface area contributed by atoms with Crippen LogP contribution >= 0.6 is 0 Å². The molecule has 0 saturated carbocycles. The molecule has 0 spiro atoms. The van der Waals surface area contributed by atoms with Gasteiger partial charge in [-0.3, -0.25) is 10.1 Å². The molecule has 1 unspecified atom stereocenters. The first kappa shape index (κ1) is 15.7. The van der Waals surface area contributed by atoms with Crippen molar-refractivity contribution in [3.8, 4) is 0 Å². The molecule has 0 aliphatic carbocycles. The average Bonchev–Trinajstić information content (AvgIpc) is 2.46. The summed E-state index contributed by atoms with van der Waals surface area (Å²) >= 11 is 0. The fraction of sp³-hybridized carbons (Fsp3) is 0.500. The maximum atomic E-state index is 12.2. The number of anilines is 1. The number of sulfonamides is 1. The first-order chi connectivity index (χ1) is 9.90. The number of ether oxygens (including phenoxy) is 1. The van der Waals surface area contributed by atoms with E-state index in [2.05, 4.69) is 4.72 Å². The number of nitro groups is 1. The number of non-ortho nitro benzene ring substituents is 1. The van der Waals surface area contributed by atoms with Gasteiger partial charge in [-0.1, -0.05) is 0 Å². The summed E-state index contributed by atoms with van der Waals surface area (Å²) in [5.74, 6) is 0. The maximum Gasteiger partial charge on any atom is 0.271 e. The zero-order chi connectivity index (χ0) is 15.5. The minimum atomic E-state index is -3.81. The molecule has 1 aromatic rings. The number of nitro benzene ring substituents is 1. The Labute approximate surface area is 122 Å². The van der Waals surface area contributed by atoms with Gasteiger partial charge < -0.3 is 10.5 Å². The lowest BCUT2D eigenvalue weighted by Gasteiger charge is -2.22. The summed E-state index contributed by atoms with van der Waals surface area (Å²) in [6, 6.07) is 3.28. The first-order valence-corrected chi connectivity index (χ1v) is 8.03. The van der Waals surface area contributed by atoms with Crippen LogP contribution in [-0.2, 0) is 14.8 Å². The van der Waals surface area contributed by atoms with Gasteiger partial charge in [-0.2, -0.15) is 0 Å². The SMILES string of the molecule is Nc1cc([N+](=O)[O-])ccc1S(=O)(=O)NCC1CCCCO1. The molecular weight excluding hydrogens is 298 g/mol. The summed E-state index contributed by atoms with van der Waals surface area (Å²) in [5.41, 5.74) is 5.20. The molecule has 9 heteroatoms. The molecular formula is C12H17N3O5S. The van der Waals surface area contributed by atoms with Gasteiger partial charge in [0, 0.05) is 25.3 Å². The van der Waals surface area contributed by atoms with Gasteiger partial charge in [-0.25, -0.2) is 13.1 Å². The van der Waals surface area contributed by atoms with Gasteiger partial charge >= 0.3 is 0 Å². The summed E-state index contributed by atoms with van der Waals surface area (Å²) in [7, 11) is -3.81. The summed E-state index contributed by atoms with van der Waals surface area (Å²) in [5, 5.41) is 10.6. The number of hydrogen-bond acceptors (Lipinski definition) is 6. The molecule has 21 heavy (non-hydrogen) atoms. The highest BCUT2D eigenvalue weighted by Crippen LogP contribution is 2.23. The van der Waals surface area contributed by atoms with Crippen LogP contribution in [-0.4, -0.2) is 32.6 Å². The minimum absolute atomic E-state index is 0.146. The van der Waals surface area contributed by atoms with Crippen molar-refractivity contribution in [2.24, 2.45) is 0 Å². The molecule has 3 N–H and O–H groups in total. The van der Waals surface area contributed by atoms with Gasteiger partial charge in [0.25, 0.3) is 5.69 Å². The van der Waals surface area contributed by atoms with Crippen molar-refractivity contribution >= 4 is 21.4 Å². The Balaban J connectivity index is 2.10. The minimum Gasteiger partial charge on any atom is -0.397 e. The molecule has 1 aliphatic heterocycles. The zero-order valence-electron chi connectivity index (χ0n) is 11.3. The lowest BCUT2D eigenvalue weighted by atomic mass is 10.1. The molecule has 8 nitrogen and oxygen atoms in total. The van der Waals surface area contributed by atoms with E-state index in [0.29, 0.717) is 6.61 Å². The predicted octanol–water partition coefficient (Wildman–Crippen LogP) is 1.02. The van der Waals surface area contributed by atoms with Crippen LogP contribution in [0, 0.1) is 10.1 Å². The predicted molar refractivity (Wildman–Crippen MR) is 76.3 cm³/mol. The normalized spacial score (nSPS) is 19.3. The number of nitrogens with one attached hydrogen (secondary N) is 1. The molecule has 1 saturated heterocycles. The largest absolute Gasteiger partial charge is 0.397 e. The van der Waals surface area contributed by atoms with Crippen molar-refractivity contribution in [3.05, 3.63) is 28.3 Å². The van der Waals surface area contributed by atoms with E-state index in [-0.39, 0.29) is 28.9 Å². The van der Waals surface area contributed by atoms with E-state index >= 15 is 0 Å². The standard InChI is InChI=1S/C12H17N3O5S/c13-11-7-9(15(16)17)4-5-12(11)21(18,19)14-8-10-3-1-2-6-20-10/h4-5,7,10,14H,1-3,6,8,13H2. The number of nitrogens with zero attached hydrogens (tertiary/aromatic N) is 1. The third-order valence-electron chi connectivity index (χ3n) is 3.27. The van der Waals surface area contributed by atoms with E-state index in [9.17, 15) is 18.5 Å². The van der Waals surface area contributed by atoms with Crippen molar-refractivity contribution in [2.45, 2.75) is 30.3 Å². The lowest BCUT2D eigenvalue weighted by molar-refractivity contribution is -0.384. The third-order valence-corrected chi connectivity index (χ3v) is 4.77. The van der Waals surface area contributed by atoms with Crippen LogP contribution in [0.4, 0.5) is 11.4 Å². The van der Waals surface area contributed by atoms with Crippen LogP contribution < -0.4 is 10.5 Å². The Bertz CT molecular complexity index is 626. The second-order valence-electron chi connectivity index (χ2n) is 4.82. The van der Waals surface area contributed by atoms with Crippen molar-refractivity contribution in [2.75, 3.05) is 18.9 Å². The lowest BCUT2D eigenvalue weighted by Crippen LogP contribution is -2.35. The number of hydrogen-bond donors (Lipinski definition) is 2. The first-order valence-electron chi connectivity index (χ1n) is 6.55. The average molecular weight is 315 g/mol. The highest BCUT2D eigenvalue weighted by Gasteiger charge is 2.22. The quantitative estimate of drug-likeness (QED) is 0.475. The van der Waals surface area contributed by atoms with Gasteiger partial charge in [-0.15, -0.1) is 0 Å². The van der Waals surface area contributed by atoms with Gasteiger partial charge in [-0.05, 0) is 25.3 Å². The number of nitrogens with two attached hydrogens (primary N) is 1. The van der Waals surface area contributed by atoms with Gasteiger partial charge in [0.05, 0.1) is 16.7 Å². The second-order valence-corrected chi connectivity index (χ2v) is 6.56. The van der Waals surface area contributed by atoms with E-state index in [1.54, 1.807) is 0 Å². The maximum absolute atomic E-state index is 12.2. The van der Waals surface area contributed by atoms with Crippen molar-refractivity contribution in [3.63, 3.8) is 0 Å². The van der Waals surface area contributed by atoms with E-state index < -0.39 is 14.9 Å². The monoisotopic (exact) mass is 315 g/mol. The van der Waals surface area contributed by atoms with Gasteiger partial charge in [0.2, 0.25) is 10.0 Å². The van der Waals surface area contributed by atoms with Crippen molar-refractivity contribution in [1.82, 2.24) is 4.72 Å². The molecule has 2 rings (SSSR count). The van der Waals surface area contributed by atoms with Crippen LogP contribution in [0.15, 0.2) is 23.1 Å². The summed E-state index contributed by atoms with van der Waals surface area (Å²) in [4.78, 5) is 9.82. The summed E-state index contributed by atoms with van der Waals surface area (Å²) in [6.07, 6.45) is 2.65. The van der Waals surface area contributed by atoms with Crippen LogP contribution in [0.5, 0.6) is 0 Å². The topological polar surface area (TPSA) is 125 Å². The highest BCUT2D eigenvalue weighted by atomic mass is 32.2. The van der Waals surface area contributed by atoms with E-state index in [4.69, 9.17) is 10.5 Å². The number of benzene rings is 1. The summed E-state index contributed by atoms with van der Waals surface area (Å²) < 4.78 is 32.2. The second kappa shape index (κ2) is 6.37. The molecule has 1 atom stereocenters. The smallest absolute Gasteiger partial charge is 0.271 e. The van der Waals surface area contributed by atoms with E-state index in [1.807, 2.05) is 0 Å². The van der Waals surface area contributed by atoms with Crippen molar-refractivity contribution < 1.29 is 18.1 Å². The Morgan fingerprint density at radius 2 is 2.19 bits per heavy atom. The molecule has 1 fully saturated rings. The van der Waals surface area contributed by atoms with Crippen molar-refractivity contribution in [1.29, 1.82) is 0 Å². The van der Waals surface area contributed by atoms with Gasteiger partial charge in [0.1, 0.15) is 4.90 Å². The number of nitrogen functional groups attached to an aromatic ring is 1. The Morgan fingerprint density at radius 1 is 1.43 bits per heavy atom. The van der Waals surface area contributed by atoms with Crippen LogP contribution in [0.1, 0.15) is 19.3 Å². The molecule has 1 aliphatic rings. The summed E-state index contributed by atoms with van der Waals surface area (Å²) in [6.45, 7) is 0.796. The van der Waals surface area contributed by atoms with Gasteiger partial charge in [0.15, 0.2) is 0 Å². The zero-order valence-corrected chi connectivity index (χ0v) is 12.1. The molecule has 1 aromatic carbocycles. The fourth-order valence-electron chi connectivity index (χ4n) is 2.14. The van der Waals surface area contributed by atoms with E-state index in [0.717, 1.165) is 37.5 Å². The van der Waals surface area contributed by atoms with Crippen LogP contribution in [0.3, 0.4) is 0 Å². The Kier molecular flexibility index (Phi) is 4.76.